The molecule has 0 radical (unpaired) electrons. The minimum atomic E-state index is -0.786. The molecule has 4 heteroatoms. The van der Waals surface area contributed by atoms with Crippen LogP contribution in [0.2, 0.25) is 0 Å². The van der Waals surface area contributed by atoms with Crippen LogP contribution < -0.4 is 5.32 Å². The van der Waals surface area contributed by atoms with E-state index < -0.39 is 12.0 Å². The van der Waals surface area contributed by atoms with Gasteiger partial charge in [0, 0.05) is 12.3 Å². The first-order valence-electron chi connectivity index (χ1n) is 3.72. The largest absolute Gasteiger partial charge is 0.480 e. The van der Waals surface area contributed by atoms with Crippen molar-refractivity contribution in [2.75, 3.05) is 18.1 Å². The van der Waals surface area contributed by atoms with Crippen LogP contribution in [0, 0.1) is 0 Å². The number of thioether (sulfide) groups is 1. The van der Waals surface area contributed by atoms with Crippen LogP contribution in [0.1, 0.15) is 13.8 Å². The second-order valence-corrected chi connectivity index (χ2v) is 3.60. The summed E-state index contributed by atoms with van der Waals surface area (Å²) in [6.45, 7) is 4.51. The molecule has 0 aromatic carbocycles. The molecule has 0 amide bonds. The molecule has 0 unspecified atom stereocenters. The maximum Gasteiger partial charge on any atom is 0.320 e. The molecule has 3 nitrogen and oxygen atoms in total. The molecule has 0 aromatic rings. The van der Waals surface area contributed by atoms with Gasteiger partial charge in [-0.05, 0) is 12.7 Å². The number of rotatable bonds is 6. The summed E-state index contributed by atoms with van der Waals surface area (Å²) in [6.07, 6.45) is 0. The molecule has 0 heterocycles. The summed E-state index contributed by atoms with van der Waals surface area (Å²) in [5, 5.41) is 11.4. The van der Waals surface area contributed by atoms with Crippen LogP contribution in [0.3, 0.4) is 0 Å². The van der Waals surface area contributed by atoms with Crippen molar-refractivity contribution in [2.45, 2.75) is 19.9 Å². The summed E-state index contributed by atoms with van der Waals surface area (Å²) in [5.41, 5.74) is 0. The summed E-state index contributed by atoms with van der Waals surface area (Å²) in [7, 11) is 0. The third kappa shape index (κ3) is 6.19. The molecule has 0 aliphatic carbocycles. The molecule has 0 saturated carbocycles. The first-order valence-corrected chi connectivity index (χ1v) is 4.88. The molecule has 0 aromatic heterocycles. The summed E-state index contributed by atoms with van der Waals surface area (Å²) in [5.74, 6) is 1.28. The number of carboxylic acids is 1. The Hall–Kier alpha value is -0.220. The number of hydrogen-bond donors (Lipinski definition) is 2. The third-order valence-electron chi connectivity index (χ3n) is 1.27. The first kappa shape index (κ1) is 10.8. The molecule has 0 bridgehead atoms. The minimum absolute atomic E-state index is 0.424. The highest BCUT2D eigenvalue weighted by molar-refractivity contribution is 7.99. The van der Waals surface area contributed by atoms with Crippen molar-refractivity contribution < 1.29 is 9.90 Å². The second kappa shape index (κ2) is 6.49. The van der Waals surface area contributed by atoms with E-state index in [9.17, 15) is 4.79 Å². The zero-order valence-electron chi connectivity index (χ0n) is 6.96. The van der Waals surface area contributed by atoms with Gasteiger partial charge in [-0.15, -0.1) is 0 Å². The zero-order valence-corrected chi connectivity index (χ0v) is 7.78. The molecular weight excluding hydrogens is 162 g/mol. The summed E-state index contributed by atoms with van der Waals surface area (Å²) < 4.78 is 0. The fourth-order valence-electron chi connectivity index (χ4n) is 0.579. The van der Waals surface area contributed by atoms with E-state index in [1.165, 1.54) is 0 Å². The zero-order chi connectivity index (χ0) is 8.69. The molecule has 0 aliphatic rings. The Morgan fingerprint density at radius 3 is 2.82 bits per heavy atom. The lowest BCUT2D eigenvalue weighted by molar-refractivity contribution is -0.138. The average molecular weight is 177 g/mol. The quantitative estimate of drug-likeness (QED) is 0.589. The predicted molar refractivity (Wildman–Crippen MR) is 48.1 cm³/mol. The van der Waals surface area contributed by atoms with E-state index in [0.29, 0.717) is 0 Å². The summed E-state index contributed by atoms with van der Waals surface area (Å²) in [6, 6.07) is -0.424. The Balaban J connectivity index is 3.17. The van der Waals surface area contributed by atoms with Crippen molar-refractivity contribution >= 4 is 17.7 Å². The molecule has 1 atom stereocenters. The topological polar surface area (TPSA) is 49.3 Å². The van der Waals surface area contributed by atoms with Crippen LogP contribution in [0.5, 0.6) is 0 Å². The lowest BCUT2D eigenvalue weighted by atomic mass is 10.3. The van der Waals surface area contributed by atoms with Gasteiger partial charge in [0.05, 0.1) is 0 Å². The molecule has 2 N–H and O–H groups in total. The van der Waals surface area contributed by atoms with Gasteiger partial charge < -0.3 is 10.4 Å². The molecule has 0 saturated heterocycles. The molecule has 11 heavy (non-hydrogen) atoms. The Morgan fingerprint density at radius 1 is 1.73 bits per heavy atom. The second-order valence-electron chi connectivity index (χ2n) is 2.21. The van der Waals surface area contributed by atoms with E-state index in [2.05, 4.69) is 12.2 Å². The minimum Gasteiger partial charge on any atom is -0.480 e. The highest BCUT2D eigenvalue weighted by atomic mass is 32.2. The van der Waals surface area contributed by atoms with Gasteiger partial charge in [-0.3, -0.25) is 4.79 Å². The molecular formula is C7H15NO2S. The number of carboxylic acid groups (broad SMARTS) is 1. The maximum atomic E-state index is 10.3. The Kier molecular flexibility index (Phi) is 6.36. The van der Waals surface area contributed by atoms with Crippen LogP contribution >= 0.6 is 11.8 Å². The molecule has 0 rings (SSSR count). The van der Waals surface area contributed by atoms with Gasteiger partial charge in [-0.1, -0.05) is 6.92 Å². The van der Waals surface area contributed by atoms with Gasteiger partial charge in [0.2, 0.25) is 0 Å². The predicted octanol–water partition coefficient (Wildman–Crippen LogP) is 0.802. The lowest BCUT2D eigenvalue weighted by Crippen LogP contribution is -2.35. The average Bonchev–Trinajstić information content (AvgIpc) is 1.97. The van der Waals surface area contributed by atoms with Crippen molar-refractivity contribution in [3.05, 3.63) is 0 Å². The maximum absolute atomic E-state index is 10.3. The molecule has 0 spiro atoms. The Morgan fingerprint density at radius 2 is 2.36 bits per heavy atom. The first-order chi connectivity index (χ1) is 5.18. The molecule has 0 fully saturated rings. The van der Waals surface area contributed by atoms with Gasteiger partial charge in [0.25, 0.3) is 0 Å². The molecule has 0 aliphatic heterocycles. The van der Waals surface area contributed by atoms with Crippen LogP contribution in [0.4, 0.5) is 0 Å². The monoisotopic (exact) mass is 177 g/mol. The standard InChI is InChI=1S/C7H15NO2S/c1-3-11-5-4-8-6(2)7(9)10/h6,8H,3-5H2,1-2H3,(H,9,10)/t6-/m0/s1. The number of hydrogen-bond acceptors (Lipinski definition) is 3. The van der Waals surface area contributed by atoms with Crippen LogP contribution in [-0.4, -0.2) is 35.2 Å². The highest BCUT2D eigenvalue weighted by Crippen LogP contribution is 1.95. The Bertz CT molecular complexity index is 119. The van der Waals surface area contributed by atoms with Crippen LogP contribution in [0.25, 0.3) is 0 Å². The van der Waals surface area contributed by atoms with Crippen molar-refractivity contribution in [1.29, 1.82) is 0 Å². The fourth-order valence-corrected chi connectivity index (χ4v) is 1.13. The lowest BCUT2D eigenvalue weighted by Gasteiger charge is -2.07. The van der Waals surface area contributed by atoms with E-state index in [0.717, 1.165) is 18.1 Å². The smallest absolute Gasteiger partial charge is 0.320 e. The van der Waals surface area contributed by atoms with Crippen LogP contribution in [0.15, 0.2) is 0 Å². The fraction of sp³-hybridized carbons (Fsp3) is 0.857. The Labute approximate surface area is 71.6 Å². The van der Waals surface area contributed by atoms with Crippen LogP contribution in [-0.2, 0) is 4.79 Å². The van der Waals surface area contributed by atoms with Gasteiger partial charge in [0.1, 0.15) is 6.04 Å². The van der Waals surface area contributed by atoms with Gasteiger partial charge in [-0.2, -0.15) is 11.8 Å². The van der Waals surface area contributed by atoms with Gasteiger partial charge in [0.15, 0.2) is 0 Å². The van der Waals surface area contributed by atoms with Crippen molar-refractivity contribution in [1.82, 2.24) is 5.32 Å². The third-order valence-corrected chi connectivity index (χ3v) is 2.17. The van der Waals surface area contributed by atoms with E-state index in [4.69, 9.17) is 5.11 Å². The van der Waals surface area contributed by atoms with Crippen molar-refractivity contribution in [3.63, 3.8) is 0 Å². The van der Waals surface area contributed by atoms with E-state index >= 15 is 0 Å². The number of aliphatic carboxylic acids is 1. The van der Waals surface area contributed by atoms with Crippen molar-refractivity contribution in [3.8, 4) is 0 Å². The van der Waals surface area contributed by atoms with E-state index in [1.807, 2.05) is 0 Å². The summed E-state index contributed by atoms with van der Waals surface area (Å²) in [4.78, 5) is 10.3. The van der Waals surface area contributed by atoms with Gasteiger partial charge in [-0.25, -0.2) is 0 Å². The van der Waals surface area contributed by atoms with E-state index in [1.54, 1.807) is 18.7 Å². The van der Waals surface area contributed by atoms with Crippen molar-refractivity contribution in [2.24, 2.45) is 0 Å². The highest BCUT2D eigenvalue weighted by Gasteiger charge is 2.07. The normalized spacial score (nSPS) is 12.9. The van der Waals surface area contributed by atoms with E-state index in [-0.39, 0.29) is 0 Å². The molecule has 66 valence electrons. The summed E-state index contributed by atoms with van der Waals surface area (Å²) >= 11 is 1.81. The SMILES string of the molecule is CCSCCN[C@@H](C)C(=O)O. The number of nitrogens with one attached hydrogen (secondary N) is 1. The number of carbonyl (C=O) groups is 1. The van der Waals surface area contributed by atoms with Gasteiger partial charge >= 0.3 is 5.97 Å².